The molecule has 0 aliphatic rings. The Balaban J connectivity index is 2.18. The molecule has 1 N–H and O–H groups in total. The topological polar surface area (TPSA) is 81.2 Å². The van der Waals surface area contributed by atoms with E-state index in [1.807, 2.05) is 6.92 Å². The highest BCUT2D eigenvalue weighted by molar-refractivity contribution is 7.15. The minimum Gasteiger partial charge on any atom is -0.426 e. The number of carbonyl (C=O) groups excluding carboxylic acids is 2. The third-order valence-corrected chi connectivity index (χ3v) is 3.36. The predicted octanol–water partition coefficient (Wildman–Crippen LogP) is 2.28. The number of aromatic nitrogens is 2. The Bertz CT molecular complexity index is 639. The molecule has 0 bridgehead atoms. The summed E-state index contributed by atoms with van der Waals surface area (Å²) in [4.78, 5) is 23.2. The van der Waals surface area contributed by atoms with Crippen LogP contribution in [0, 0.1) is 0 Å². The molecule has 0 atom stereocenters. The first kappa shape index (κ1) is 14.1. The van der Waals surface area contributed by atoms with E-state index >= 15 is 0 Å². The molecule has 0 saturated carbocycles. The van der Waals surface area contributed by atoms with Crippen molar-refractivity contribution in [3.05, 3.63) is 34.8 Å². The number of nitrogens with one attached hydrogen (secondary N) is 1. The maximum Gasteiger partial charge on any atom is 0.308 e. The van der Waals surface area contributed by atoms with Gasteiger partial charge in [0.2, 0.25) is 5.13 Å². The number of hydrogen-bond acceptors (Lipinski definition) is 6. The van der Waals surface area contributed by atoms with Crippen molar-refractivity contribution < 1.29 is 14.3 Å². The molecule has 20 heavy (non-hydrogen) atoms. The number of amides is 1. The summed E-state index contributed by atoms with van der Waals surface area (Å²) in [5.74, 6) is -0.646. The third kappa shape index (κ3) is 3.39. The number of esters is 1. The highest BCUT2D eigenvalue weighted by Gasteiger charge is 2.15. The zero-order valence-electron chi connectivity index (χ0n) is 11.0. The normalized spacial score (nSPS) is 10.1. The fourth-order valence-corrected chi connectivity index (χ4v) is 2.18. The number of anilines is 1. The first-order valence-corrected chi connectivity index (χ1v) is 6.83. The Morgan fingerprint density at radius 3 is 2.70 bits per heavy atom. The monoisotopic (exact) mass is 291 g/mol. The predicted molar refractivity (Wildman–Crippen MR) is 75.0 cm³/mol. The van der Waals surface area contributed by atoms with Crippen LogP contribution in [0.15, 0.2) is 24.3 Å². The molecule has 7 heteroatoms. The molecule has 0 unspecified atom stereocenters. The number of para-hydroxylation sites is 1. The zero-order valence-corrected chi connectivity index (χ0v) is 11.9. The summed E-state index contributed by atoms with van der Waals surface area (Å²) in [6.45, 7) is 3.25. The van der Waals surface area contributed by atoms with E-state index in [2.05, 4.69) is 15.5 Å². The van der Waals surface area contributed by atoms with Crippen LogP contribution >= 0.6 is 11.3 Å². The Hall–Kier alpha value is -2.28. The summed E-state index contributed by atoms with van der Waals surface area (Å²) in [6, 6.07) is 6.53. The van der Waals surface area contributed by atoms with Gasteiger partial charge >= 0.3 is 5.97 Å². The van der Waals surface area contributed by atoms with Gasteiger partial charge in [0.05, 0.1) is 5.56 Å². The first-order chi connectivity index (χ1) is 9.60. The van der Waals surface area contributed by atoms with Gasteiger partial charge in [0.25, 0.3) is 5.91 Å². The lowest BCUT2D eigenvalue weighted by Crippen LogP contribution is -2.14. The van der Waals surface area contributed by atoms with Gasteiger partial charge < -0.3 is 4.74 Å². The third-order valence-electron chi connectivity index (χ3n) is 2.38. The van der Waals surface area contributed by atoms with Crippen molar-refractivity contribution in [1.29, 1.82) is 0 Å². The van der Waals surface area contributed by atoms with Crippen molar-refractivity contribution in [2.24, 2.45) is 0 Å². The molecule has 1 aromatic heterocycles. The van der Waals surface area contributed by atoms with E-state index in [1.165, 1.54) is 18.3 Å². The maximum absolute atomic E-state index is 12.2. The van der Waals surface area contributed by atoms with Crippen LogP contribution in [0.3, 0.4) is 0 Å². The number of rotatable bonds is 4. The average Bonchev–Trinajstić information content (AvgIpc) is 2.86. The minimum atomic E-state index is -0.477. The molecule has 6 nitrogen and oxygen atoms in total. The Labute approximate surface area is 119 Å². The van der Waals surface area contributed by atoms with E-state index < -0.39 is 5.97 Å². The van der Waals surface area contributed by atoms with Crippen molar-refractivity contribution >= 4 is 28.3 Å². The van der Waals surface area contributed by atoms with Gasteiger partial charge in [0.1, 0.15) is 10.8 Å². The van der Waals surface area contributed by atoms with Crippen LogP contribution in [0.1, 0.15) is 29.2 Å². The van der Waals surface area contributed by atoms with Crippen LogP contribution in [0.2, 0.25) is 0 Å². The molecular weight excluding hydrogens is 278 g/mol. The Morgan fingerprint density at radius 1 is 1.30 bits per heavy atom. The lowest BCUT2D eigenvalue weighted by molar-refractivity contribution is -0.131. The van der Waals surface area contributed by atoms with Crippen LogP contribution < -0.4 is 10.1 Å². The van der Waals surface area contributed by atoms with Crippen LogP contribution in [0.5, 0.6) is 5.75 Å². The van der Waals surface area contributed by atoms with Gasteiger partial charge in [-0.1, -0.05) is 30.4 Å². The van der Waals surface area contributed by atoms with Gasteiger partial charge in [-0.3, -0.25) is 14.9 Å². The summed E-state index contributed by atoms with van der Waals surface area (Å²) < 4.78 is 5.00. The maximum atomic E-state index is 12.2. The van der Waals surface area contributed by atoms with E-state index in [1.54, 1.807) is 24.3 Å². The van der Waals surface area contributed by atoms with Crippen LogP contribution in [-0.2, 0) is 11.2 Å². The molecule has 1 aromatic carbocycles. The van der Waals surface area contributed by atoms with Gasteiger partial charge in [0.15, 0.2) is 0 Å². The van der Waals surface area contributed by atoms with E-state index in [0.717, 1.165) is 11.4 Å². The fraction of sp³-hybridized carbons (Fsp3) is 0.231. The minimum absolute atomic E-state index is 0.220. The van der Waals surface area contributed by atoms with Crippen LogP contribution in [0.4, 0.5) is 5.13 Å². The van der Waals surface area contributed by atoms with Crippen molar-refractivity contribution in [2.75, 3.05) is 5.32 Å². The smallest absolute Gasteiger partial charge is 0.308 e. The number of aryl methyl sites for hydroxylation is 1. The van der Waals surface area contributed by atoms with E-state index in [4.69, 9.17) is 4.74 Å². The number of hydrogen-bond donors (Lipinski definition) is 1. The highest BCUT2D eigenvalue weighted by Crippen LogP contribution is 2.21. The van der Waals surface area contributed by atoms with E-state index in [-0.39, 0.29) is 17.2 Å². The largest absolute Gasteiger partial charge is 0.426 e. The second-order valence-corrected chi connectivity index (χ2v) is 4.96. The number of ether oxygens (including phenoxy) is 1. The van der Waals surface area contributed by atoms with Crippen LogP contribution in [-0.4, -0.2) is 22.1 Å². The summed E-state index contributed by atoms with van der Waals surface area (Å²) >= 11 is 1.31. The molecule has 0 radical (unpaired) electrons. The average molecular weight is 291 g/mol. The lowest BCUT2D eigenvalue weighted by atomic mass is 10.2. The van der Waals surface area contributed by atoms with Gasteiger partial charge in [-0.2, -0.15) is 0 Å². The summed E-state index contributed by atoms with van der Waals surface area (Å²) in [7, 11) is 0. The number of benzene rings is 1. The molecule has 2 aromatic rings. The first-order valence-electron chi connectivity index (χ1n) is 6.01. The zero-order chi connectivity index (χ0) is 14.5. The summed E-state index contributed by atoms with van der Waals surface area (Å²) in [5.41, 5.74) is 0.274. The second kappa shape index (κ2) is 6.25. The Morgan fingerprint density at radius 2 is 2.05 bits per heavy atom. The fourth-order valence-electron chi connectivity index (χ4n) is 1.51. The molecule has 0 aliphatic carbocycles. The molecule has 1 amide bonds. The van der Waals surface area contributed by atoms with Gasteiger partial charge in [-0.05, 0) is 18.6 Å². The molecule has 0 spiro atoms. The van der Waals surface area contributed by atoms with E-state index in [0.29, 0.717) is 5.13 Å². The standard InChI is InChI=1S/C13H13N3O3S/c1-3-11-15-16-13(20-11)14-12(18)9-6-4-5-7-10(9)19-8(2)17/h4-7H,3H2,1-2H3,(H,14,16,18). The molecule has 104 valence electrons. The van der Waals surface area contributed by atoms with Crippen molar-refractivity contribution in [2.45, 2.75) is 20.3 Å². The second-order valence-electron chi connectivity index (χ2n) is 3.90. The highest BCUT2D eigenvalue weighted by atomic mass is 32.1. The van der Waals surface area contributed by atoms with Crippen molar-refractivity contribution in [3.63, 3.8) is 0 Å². The molecule has 2 rings (SSSR count). The van der Waals surface area contributed by atoms with Crippen molar-refractivity contribution in [3.8, 4) is 5.75 Å². The molecule has 0 saturated heterocycles. The van der Waals surface area contributed by atoms with Gasteiger partial charge in [0, 0.05) is 6.92 Å². The number of carbonyl (C=O) groups is 2. The van der Waals surface area contributed by atoms with E-state index in [9.17, 15) is 9.59 Å². The SMILES string of the molecule is CCc1nnc(NC(=O)c2ccccc2OC(C)=O)s1. The van der Waals surface area contributed by atoms with Crippen LogP contribution in [0.25, 0.3) is 0 Å². The van der Waals surface area contributed by atoms with Crippen molar-refractivity contribution in [1.82, 2.24) is 10.2 Å². The summed E-state index contributed by atoms with van der Waals surface area (Å²) in [5, 5.41) is 11.7. The molecular formula is C13H13N3O3S. The molecule has 0 fully saturated rings. The van der Waals surface area contributed by atoms with Gasteiger partial charge in [-0.25, -0.2) is 0 Å². The number of nitrogens with zero attached hydrogens (tertiary/aromatic N) is 2. The Kier molecular flexibility index (Phi) is 4.41. The molecule has 1 heterocycles. The molecule has 0 aliphatic heterocycles. The van der Waals surface area contributed by atoms with Gasteiger partial charge in [-0.15, -0.1) is 10.2 Å². The quantitative estimate of drug-likeness (QED) is 0.690. The summed E-state index contributed by atoms with van der Waals surface area (Å²) in [6.07, 6.45) is 0.761. The lowest BCUT2D eigenvalue weighted by Gasteiger charge is -2.07.